The SMILES string of the molecule is CC(=O)CC(=O)O/C(=C/c1ccc(OC(F)F)cc1)COC(C)=O. The van der Waals surface area contributed by atoms with Crippen molar-refractivity contribution in [2.75, 3.05) is 6.61 Å². The molecule has 0 aromatic heterocycles. The number of hydrogen-bond donors (Lipinski definition) is 0. The maximum atomic E-state index is 12.1. The summed E-state index contributed by atoms with van der Waals surface area (Å²) in [6.45, 7) is -0.823. The van der Waals surface area contributed by atoms with Crippen LogP contribution in [0.3, 0.4) is 0 Å². The van der Waals surface area contributed by atoms with Crippen LogP contribution >= 0.6 is 0 Å². The lowest BCUT2D eigenvalue weighted by atomic mass is 10.2. The molecule has 0 spiro atoms. The molecular weight excluding hydrogens is 326 g/mol. The van der Waals surface area contributed by atoms with E-state index >= 15 is 0 Å². The largest absolute Gasteiger partial charge is 0.458 e. The minimum atomic E-state index is -2.93. The van der Waals surface area contributed by atoms with Crippen LogP contribution < -0.4 is 4.74 Å². The zero-order chi connectivity index (χ0) is 18.1. The Morgan fingerprint density at radius 1 is 1.12 bits per heavy atom. The summed E-state index contributed by atoms with van der Waals surface area (Å²) in [6.07, 6.45) is 0.964. The molecule has 0 N–H and O–H groups in total. The lowest BCUT2D eigenvalue weighted by Crippen LogP contribution is -2.13. The van der Waals surface area contributed by atoms with Crippen LogP contribution in [0.5, 0.6) is 5.75 Å². The van der Waals surface area contributed by atoms with Crippen molar-refractivity contribution in [3.8, 4) is 5.75 Å². The van der Waals surface area contributed by atoms with Gasteiger partial charge in [0.25, 0.3) is 0 Å². The number of benzene rings is 1. The summed E-state index contributed by atoms with van der Waals surface area (Å²) in [7, 11) is 0. The van der Waals surface area contributed by atoms with Crippen molar-refractivity contribution >= 4 is 23.8 Å². The number of ether oxygens (including phenoxy) is 3. The molecule has 0 atom stereocenters. The maximum Gasteiger partial charge on any atom is 0.387 e. The second kappa shape index (κ2) is 9.39. The number of esters is 2. The molecule has 0 amide bonds. The normalized spacial score (nSPS) is 11.1. The first-order valence-electron chi connectivity index (χ1n) is 6.85. The van der Waals surface area contributed by atoms with E-state index in [-0.39, 0.29) is 23.9 Å². The van der Waals surface area contributed by atoms with Crippen LogP contribution in [-0.2, 0) is 23.9 Å². The van der Waals surface area contributed by atoms with E-state index in [0.29, 0.717) is 5.56 Å². The molecule has 0 bridgehead atoms. The number of carbonyl (C=O) groups is 3. The molecule has 8 heteroatoms. The quantitative estimate of drug-likeness (QED) is 0.411. The number of hydrogen-bond acceptors (Lipinski definition) is 6. The minimum Gasteiger partial charge on any atom is -0.458 e. The van der Waals surface area contributed by atoms with Crippen molar-refractivity contribution in [3.63, 3.8) is 0 Å². The van der Waals surface area contributed by atoms with Crippen molar-refractivity contribution in [2.24, 2.45) is 0 Å². The molecule has 0 aliphatic heterocycles. The highest BCUT2D eigenvalue weighted by Gasteiger charge is 2.12. The minimum absolute atomic E-state index is 0.000946. The van der Waals surface area contributed by atoms with Crippen molar-refractivity contribution in [1.82, 2.24) is 0 Å². The summed E-state index contributed by atoms with van der Waals surface area (Å²) in [5, 5.41) is 0. The summed E-state index contributed by atoms with van der Waals surface area (Å²) in [5.41, 5.74) is 0.495. The highest BCUT2D eigenvalue weighted by molar-refractivity contribution is 5.94. The predicted molar refractivity (Wildman–Crippen MR) is 79.1 cm³/mol. The molecule has 6 nitrogen and oxygen atoms in total. The molecular formula is C16H16F2O6. The molecule has 0 radical (unpaired) electrons. The average Bonchev–Trinajstić information content (AvgIpc) is 2.45. The highest BCUT2D eigenvalue weighted by Crippen LogP contribution is 2.17. The van der Waals surface area contributed by atoms with Gasteiger partial charge in [-0.15, -0.1) is 0 Å². The summed E-state index contributed by atoms with van der Waals surface area (Å²) in [6, 6.07) is 5.51. The third kappa shape index (κ3) is 8.02. The molecule has 0 saturated carbocycles. The summed E-state index contributed by atoms with van der Waals surface area (Å²) < 4.78 is 38.1. The Morgan fingerprint density at radius 3 is 2.25 bits per heavy atom. The van der Waals surface area contributed by atoms with Gasteiger partial charge in [-0.1, -0.05) is 12.1 Å². The van der Waals surface area contributed by atoms with Crippen LogP contribution in [0.4, 0.5) is 8.78 Å². The van der Waals surface area contributed by atoms with E-state index in [4.69, 9.17) is 9.47 Å². The molecule has 130 valence electrons. The Hall–Kier alpha value is -2.77. The van der Waals surface area contributed by atoms with Crippen LogP contribution in [0.25, 0.3) is 6.08 Å². The maximum absolute atomic E-state index is 12.1. The Balaban J connectivity index is 2.87. The summed E-state index contributed by atoms with van der Waals surface area (Å²) >= 11 is 0. The molecule has 0 heterocycles. The van der Waals surface area contributed by atoms with Gasteiger partial charge < -0.3 is 14.2 Å². The standard InChI is InChI=1S/C16H16F2O6/c1-10(19)7-15(21)23-14(9-22-11(2)20)8-12-3-5-13(6-4-12)24-16(17)18/h3-6,8,16H,7,9H2,1-2H3/b14-8+. The van der Waals surface area contributed by atoms with Gasteiger partial charge in [0.1, 0.15) is 30.3 Å². The van der Waals surface area contributed by atoms with E-state index in [1.54, 1.807) is 0 Å². The predicted octanol–water partition coefficient (Wildman–Crippen LogP) is 2.71. The number of ketones is 1. The first kappa shape index (κ1) is 19.3. The fraction of sp³-hybridized carbons (Fsp3) is 0.312. The first-order valence-corrected chi connectivity index (χ1v) is 6.85. The molecule has 1 rings (SSSR count). The van der Waals surface area contributed by atoms with Gasteiger partial charge in [0.05, 0.1) is 0 Å². The fourth-order valence-corrected chi connectivity index (χ4v) is 1.59. The van der Waals surface area contributed by atoms with E-state index in [1.165, 1.54) is 44.2 Å². The molecule has 0 fully saturated rings. The summed E-state index contributed by atoms with van der Waals surface area (Å²) in [4.78, 5) is 33.3. The van der Waals surface area contributed by atoms with Crippen LogP contribution in [0, 0.1) is 0 Å². The van der Waals surface area contributed by atoms with Gasteiger partial charge in [0.2, 0.25) is 0 Å². The van der Waals surface area contributed by atoms with Crippen molar-refractivity contribution in [3.05, 3.63) is 35.6 Å². The van der Waals surface area contributed by atoms with Gasteiger partial charge >= 0.3 is 18.6 Å². The van der Waals surface area contributed by atoms with Crippen molar-refractivity contribution in [1.29, 1.82) is 0 Å². The fourth-order valence-electron chi connectivity index (χ4n) is 1.59. The van der Waals surface area contributed by atoms with E-state index in [0.717, 1.165) is 0 Å². The monoisotopic (exact) mass is 342 g/mol. The summed E-state index contributed by atoms with van der Waals surface area (Å²) in [5.74, 6) is -1.78. The van der Waals surface area contributed by atoms with Crippen molar-refractivity contribution in [2.45, 2.75) is 26.9 Å². The van der Waals surface area contributed by atoms with Crippen LogP contribution in [0.1, 0.15) is 25.8 Å². The van der Waals surface area contributed by atoms with Gasteiger partial charge in [0.15, 0.2) is 0 Å². The van der Waals surface area contributed by atoms with Gasteiger partial charge in [-0.05, 0) is 30.7 Å². The number of Topliss-reactive ketones (excluding diaryl/α,β-unsaturated/α-hetero) is 1. The molecule has 24 heavy (non-hydrogen) atoms. The number of carbonyl (C=O) groups excluding carboxylic acids is 3. The Bertz CT molecular complexity index is 622. The van der Waals surface area contributed by atoms with E-state index in [9.17, 15) is 23.2 Å². The third-order valence-corrected chi connectivity index (χ3v) is 2.49. The topological polar surface area (TPSA) is 78.9 Å². The lowest BCUT2D eigenvalue weighted by molar-refractivity contribution is -0.147. The highest BCUT2D eigenvalue weighted by atomic mass is 19.3. The molecule has 0 saturated heterocycles. The van der Waals surface area contributed by atoms with Gasteiger partial charge in [-0.25, -0.2) is 0 Å². The number of rotatable bonds is 8. The van der Waals surface area contributed by atoms with Gasteiger partial charge in [-0.3, -0.25) is 14.4 Å². The van der Waals surface area contributed by atoms with Crippen molar-refractivity contribution < 1.29 is 37.4 Å². The van der Waals surface area contributed by atoms with E-state index in [2.05, 4.69) is 4.74 Å². The Labute approximate surface area is 137 Å². The van der Waals surface area contributed by atoms with Gasteiger partial charge in [-0.2, -0.15) is 8.78 Å². The van der Waals surface area contributed by atoms with Crippen LogP contribution in [0.2, 0.25) is 0 Å². The first-order chi connectivity index (χ1) is 11.3. The van der Waals surface area contributed by atoms with E-state index < -0.39 is 25.0 Å². The van der Waals surface area contributed by atoms with Crippen LogP contribution in [-0.4, -0.2) is 30.9 Å². The van der Waals surface area contributed by atoms with Crippen LogP contribution in [0.15, 0.2) is 30.0 Å². The average molecular weight is 342 g/mol. The molecule has 0 unspecified atom stereocenters. The molecule has 1 aromatic carbocycles. The Morgan fingerprint density at radius 2 is 1.75 bits per heavy atom. The molecule has 0 aliphatic rings. The lowest BCUT2D eigenvalue weighted by Gasteiger charge is -2.09. The smallest absolute Gasteiger partial charge is 0.387 e. The van der Waals surface area contributed by atoms with Gasteiger partial charge in [0, 0.05) is 6.92 Å². The second-order valence-electron chi connectivity index (χ2n) is 4.69. The molecule has 1 aromatic rings. The second-order valence-corrected chi connectivity index (χ2v) is 4.69. The number of halogens is 2. The zero-order valence-corrected chi connectivity index (χ0v) is 13.1. The number of alkyl halides is 2. The van der Waals surface area contributed by atoms with E-state index in [1.807, 2.05) is 0 Å². The zero-order valence-electron chi connectivity index (χ0n) is 13.1. The Kier molecular flexibility index (Phi) is 7.54. The third-order valence-electron chi connectivity index (χ3n) is 2.49. The molecule has 0 aliphatic carbocycles.